The maximum absolute atomic E-state index is 5.94. The van der Waals surface area contributed by atoms with E-state index in [1.165, 1.54) is 4.88 Å². The number of hydrogen-bond acceptors (Lipinski definition) is 5. The molecule has 1 atom stereocenters. The summed E-state index contributed by atoms with van der Waals surface area (Å²) in [6.07, 6.45) is 0.978. The Morgan fingerprint density at radius 2 is 2.29 bits per heavy atom. The van der Waals surface area contributed by atoms with Crippen molar-refractivity contribution in [3.05, 3.63) is 16.1 Å². The van der Waals surface area contributed by atoms with Gasteiger partial charge in [-0.15, -0.1) is 11.3 Å². The van der Waals surface area contributed by atoms with Crippen molar-refractivity contribution in [1.29, 1.82) is 0 Å². The molecule has 0 amide bonds. The summed E-state index contributed by atoms with van der Waals surface area (Å²) in [6, 6.07) is 0. The van der Waals surface area contributed by atoms with Crippen molar-refractivity contribution in [2.75, 3.05) is 27.3 Å². The number of rotatable bonds is 7. The second-order valence-corrected chi connectivity index (χ2v) is 5.37. The van der Waals surface area contributed by atoms with Crippen LogP contribution in [0.4, 0.5) is 0 Å². The van der Waals surface area contributed by atoms with E-state index in [0.29, 0.717) is 13.2 Å². The van der Waals surface area contributed by atoms with Gasteiger partial charge in [0.05, 0.1) is 23.4 Å². The lowest BCUT2D eigenvalue weighted by Gasteiger charge is -2.39. The van der Waals surface area contributed by atoms with Crippen molar-refractivity contribution in [3.8, 4) is 0 Å². The molecule has 0 fully saturated rings. The van der Waals surface area contributed by atoms with Crippen LogP contribution in [0.3, 0.4) is 0 Å². The Kier molecular flexibility index (Phi) is 5.52. The highest BCUT2D eigenvalue weighted by molar-refractivity contribution is 7.09. The lowest BCUT2D eigenvalue weighted by atomic mass is 9.95. The van der Waals surface area contributed by atoms with Crippen LogP contribution >= 0.6 is 11.3 Å². The topological polar surface area (TPSA) is 51.4 Å². The first-order valence-electron chi connectivity index (χ1n) is 5.89. The number of nitrogens with two attached hydrogens (primary N) is 1. The average molecular weight is 257 g/mol. The lowest BCUT2D eigenvalue weighted by molar-refractivity contribution is 0.0238. The van der Waals surface area contributed by atoms with Crippen LogP contribution in [0.15, 0.2) is 5.51 Å². The van der Waals surface area contributed by atoms with Gasteiger partial charge in [-0.1, -0.05) is 6.92 Å². The summed E-state index contributed by atoms with van der Waals surface area (Å²) >= 11 is 1.70. The third-order valence-corrected chi connectivity index (χ3v) is 4.41. The Balaban J connectivity index is 2.78. The molecule has 0 aromatic carbocycles. The Bertz CT molecular complexity index is 336. The first kappa shape index (κ1) is 14.6. The Morgan fingerprint density at radius 3 is 2.71 bits per heavy atom. The molecule has 1 aromatic rings. The Hall–Kier alpha value is -0.490. The number of aromatic nitrogens is 1. The minimum absolute atomic E-state index is 0.0782. The monoisotopic (exact) mass is 257 g/mol. The summed E-state index contributed by atoms with van der Waals surface area (Å²) in [6.45, 7) is 6.35. The van der Waals surface area contributed by atoms with Gasteiger partial charge in [-0.05, 0) is 20.4 Å². The molecule has 0 spiro atoms. The summed E-state index contributed by atoms with van der Waals surface area (Å²) in [5.41, 5.74) is 8.87. The first-order valence-corrected chi connectivity index (χ1v) is 6.76. The quantitative estimate of drug-likeness (QED) is 0.807. The standard InChI is InChI=1S/C12H23N3OS/c1-5-12(7-13,8-16-4)15(3)6-11-10(2)14-9-17-11/h9H,5-8,13H2,1-4H3. The molecule has 5 heteroatoms. The van der Waals surface area contributed by atoms with Crippen LogP contribution < -0.4 is 5.73 Å². The van der Waals surface area contributed by atoms with E-state index in [2.05, 4.69) is 23.9 Å². The summed E-state index contributed by atoms with van der Waals surface area (Å²) < 4.78 is 5.33. The van der Waals surface area contributed by atoms with Crippen molar-refractivity contribution in [2.45, 2.75) is 32.4 Å². The highest BCUT2D eigenvalue weighted by Gasteiger charge is 2.31. The minimum Gasteiger partial charge on any atom is -0.383 e. The largest absolute Gasteiger partial charge is 0.383 e. The van der Waals surface area contributed by atoms with Gasteiger partial charge in [-0.2, -0.15) is 0 Å². The lowest BCUT2D eigenvalue weighted by Crippen LogP contribution is -2.54. The number of ether oxygens (including phenoxy) is 1. The molecule has 0 aliphatic carbocycles. The molecule has 1 aromatic heterocycles. The zero-order chi connectivity index (χ0) is 12.9. The average Bonchev–Trinajstić information content (AvgIpc) is 2.72. The fourth-order valence-corrected chi connectivity index (χ4v) is 2.80. The van der Waals surface area contributed by atoms with Gasteiger partial charge in [0.1, 0.15) is 0 Å². The molecule has 0 bridgehead atoms. The van der Waals surface area contributed by atoms with Gasteiger partial charge < -0.3 is 10.5 Å². The van der Waals surface area contributed by atoms with Gasteiger partial charge in [0.25, 0.3) is 0 Å². The zero-order valence-corrected chi connectivity index (χ0v) is 12.0. The molecule has 1 rings (SSSR count). The van der Waals surface area contributed by atoms with Crippen LogP contribution in [0.2, 0.25) is 0 Å². The molecular weight excluding hydrogens is 234 g/mol. The second kappa shape index (κ2) is 6.44. The summed E-state index contributed by atoms with van der Waals surface area (Å²) in [5, 5.41) is 0. The van der Waals surface area contributed by atoms with E-state index in [9.17, 15) is 0 Å². The number of methoxy groups -OCH3 is 1. The summed E-state index contributed by atoms with van der Waals surface area (Å²) in [4.78, 5) is 7.87. The van der Waals surface area contributed by atoms with Crippen LogP contribution in [-0.4, -0.2) is 42.7 Å². The summed E-state index contributed by atoms with van der Waals surface area (Å²) in [5.74, 6) is 0. The Morgan fingerprint density at radius 1 is 1.59 bits per heavy atom. The maximum atomic E-state index is 5.94. The normalized spacial score (nSPS) is 15.2. The molecule has 2 N–H and O–H groups in total. The van der Waals surface area contributed by atoms with E-state index in [1.807, 2.05) is 12.4 Å². The number of likely N-dealkylation sites (N-methyl/N-ethyl adjacent to an activating group) is 1. The van der Waals surface area contributed by atoms with E-state index < -0.39 is 0 Å². The molecule has 17 heavy (non-hydrogen) atoms. The molecule has 0 aliphatic heterocycles. The van der Waals surface area contributed by atoms with Gasteiger partial charge >= 0.3 is 0 Å². The molecular formula is C12H23N3OS. The van der Waals surface area contributed by atoms with Crippen LogP contribution in [0, 0.1) is 6.92 Å². The fourth-order valence-electron chi connectivity index (χ4n) is 1.97. The molecule has 0 aliphatic rings. The predicted octanol–water partition coefficient (Wildman–Crippen LogP) is 1.64. The SMILES string of the molecule is CCC(CN)(COC)N(C)Cc1scnc1C. The van der Waals surface area contributed by atoms with Crippen molar-refractivity contribution in [1.82, 2.24) is 9.88 Å². The third kappa shape index (κ3) is 3.25. The van der Waals surface area contributed by atoms with Crippen LogP contribution in [0.5, 0.6) is 0 Å². The van der Waals surface area contributed by atoms with E-state index in [4.69, 9.17) is 10.5 Å². The van der Waals surface area contributed by atoms with Gasteiger partial charge in [-0.25, -0.2) is 4.98 Å². The third-order valence-electron chi connectivity index (χ3n) is 3.49. The van der Waals surface area contributed by atoms with E-state index in [-0.39, 0.29) is 5.54 Å². The Labute approximate surface area is 108 Å². The van der Waals surface area contributed by atoms with E-state index in [1.54, 1.807) is 18.4 Å². The second-order valence-electron chi connectivity index (χ2n) is 4.43. The highest BCUT2D eigenvalue weighted by Crippen LogP contribution is 2.23. The summed E-state index contributed by atoms with van der Waals surface area (Å²) in [7, 11) is 3.83. The van der Waals surface area contributed by atoms with Crippen molar-refractivity contribution < 1.29 is 4.74 Å². The van der Waals surface area contributed by atoms with Gasteiger partial charge in [0.2, 0.25) is 0 Å². The van der Waals surface area contributed by atoms with Crippen molar-refractivity contribution >= 4 is 11.3 Å². The van der Waals surface area contributed by atoms with E-state index >= 15 is 0 Å². The fraction of sp³-hybridized carbons (Fsp3) is 0.750. The molecule has 4 nitrogen and oxygen atoms in total. The number of thiazole rings is 1. The van der Waals surface area contributed by atoms with Crippen molar-refractivity contribution in [3.63, 3.8) is 0 Å². The first-order chi connectivity index (χ1) is 8.09. The number of hydrogen-bond donors (Lipinski definition) is 1. The van der Waals surface area contributed by atoms with Crippen LogP contribution in [-0.2, 0) is 11.3 Å². The van der Waals surface area contributed by atoms with Gasteiger partial charge in [0.15, 0.2) is 0 Å². The number of nitrogens with zero attached hydrogens (tertiary/aromatic N) is 2. The van der Waals surface area contributed by atoms with Crippen molar-refractivity contribution in [2.24, 2.45) is 5.73 Å². The van der Waals surface area contributed by atoms with E-state index in [0.717, 1.165) is 18.7 Å². The van der Waals surface area contributed by atoms with Crippen LogP contribution in [0.1, 0.15) is 23.9 Å². The minimum atomic E-state index is -0.0782. The van der Waals surface area contributed by atoms with Crippen LogP contribution in [0.25, 0.3) is 0 Å². The molecule has 0 saturated heterocycles. The smallest absolute Gasteiger partial charge is 0.0798 e. The molecule has 1 heterocycles. The molecule has 1 unspecified atom stereocenters. The molecule has 0 saturated carbocycles. The highest BCUT2D eigenvalue weighted by atomic mass is 32.1. The zero-order valence-electron chi connectivity index (χ0n) is 11.2. The molecule has 0 radical (unpaired) electrons. The van der Waals surface area contributed by atoms with Gasteiger partial charge in [0, 0.05) is 25.1 Å². The number of aryl methyl sites for hydroxylation is 1. The maximum Gasteiger partial charge on any atom is 0.0798 e. The van der Waals surface area contributed by atoms with Gasteiger partial charge in [-0.3, -0.25) is 4.90 Å². The molecule has 98 valence electrons. The predicted molar refractivity (Wildman–Crippen MR) is 72.3 cm³/mol.